The second kappa shape index (κ2) is 10.2. The molecule has 2 aromatic carbocycles. The first-order valence-electron chi connectivity index (χ1n) is 12.6. The Morgan fingerprint density at radius 2 is 1.72 bits per heavy atom. The van der Waals surface area contributed by atoms with Gasteiger partial charge in [0.1, 0.15) is 6.61 Å². The summed E-state index contributed by atoms with van der Waals surface area (Å²) < 4.78 is 16.1. The Labute approximate surface area is 211 Å². The molecule has 0 spiro atoms. The fourth-order valence-electron chi connectivity index (χ4n) is 5.67. The summed E-state index contributed by atoms with van der Waals surface area (Å²) >= 11 is 0. The number of para-hydroxylation sites is 1. The van der Waals surface area contributed by atoms with Crippen LogP contribution in [0.4, 0.5) is 15.3 Å². The van der Waals surface area contributed by atoms with Crippen molar-refractivity contribution in [2.75, 3.05) is 12.0 Å². The molecular formula is C28H32N2O6. The molecule has 2 saturated carbocycles. The van der Waals surface area contributed by atoms with Crippen molar-refractivity contribution in [1.29, 1.82) is 0 Å². The Hall–Kier alpha value is -3.55. The van der Waals surface area contributed by atoms with E-state index in [-0.39, 0.29) is 36.7 Å². The van der Waals surface area contributed by atoms with Crippen molar-refractivity contribution < 1.29 is 28.6 Å². The number of fused-ring (bicyclic) bond motifs is 2. The predicted octanol–water partition coefficient (Wildman–Crippen LogP) is 5.22. The van der Waals surface area contributed by atoms with Gasteiger partial charge in [0.2, 0.25) is 0 Å². The van der Waals surface area contributed by atoms with Crippen LogP contribution in [0.3, 0.4) is 0 Å². The minimum absolute atomic E-state index is 0.0470. The van der Waals surface area contributed by atoms with Crippen molar-refractivity contribution in [3.8, 4) is 0 Å². The molecule has 2 amide bonds. The number of ether oxygens (including phenoxy) is 3. The van der Waals surface area contributed by atoms with Crippen molar-refractivity contribution in [1.82, 2.24) is 4.90 Å². The number of methoxy groups -OCH3 is 1. The minimum Gasteiger partial charge on any atom is -0.466 e. The Morgan fingerprint density at radius 3 is 2.44 bits per heavy atom. The number of carbonyl (C=O) groups excluding carboxylic acids is 3. The van der Waals surface area contributed by atoms with Crippen LogP contribution < -0.4 is 4.90 Å². The number of rotatable bonds is 6. The molecule has 0 bridgehead atoms. The second-order valence-corrected chi connectivity index (χ2v) is 9.76. The first kappa shape index (κ1) is 24.2. The van der Waals surface area contributed by atoms with E-state index in [2.05, 4.69) is 0 Å². The number of anilines is 1. The van der Waals surface area contributed by atoms with E-state index in [1.165, 1.54) is 14.0 Å². The van der Waals surface area contributed by atoms with E-state index in [1.54, 1.807) is 4.90 Å². The summed E-state index contributed by atoms with van der Waals surface area (Å²) in [5.41, 5.74) is 2.61. The van der Waals surface area contributed by atoms with Crippen LogP contribution in [0.25, 0.3) is 0 Å². The molecule has 2 aromatic rings. The van der Waals surface area contributed by atoms with E-state index >= 15 is 0 Å². The molecule has 8 heteroatoms. The number of benzene rings is 2. The molecule has 1 aliphatic heterocycles. The van der Waals surface area contributed by atoms with Crippen LogP contribution in [0, 0.1) is 5.92 Å². The number of amides is 2. The number of esters is 1. The molecule has 36 heavy (non-hydrogen) atoms. The van der Waals surface area contributed by atoms with Crippen LogP contribution in [-0.2, 0) is 25.6 Å². The topological polar surface area (TPSA) is 85.4 Å². The fourth-order valence-corrected chi connectivity index (χ4v) is 5.67. The smallest absolute Gasteiger partial charge is 0.414 e. The zero-order chi connectivity index (χ0) is 25.2. The lowest BCUT2D eigenvalue weighted by Gasteiger charge is -2.46. The van der Waals surface area contributed by atoms with E-state index in [0.29, 0.717) is 0 Å². The van der Waals surface area contributed by atoms with Crippen molar-refractivity contribution in [3.05, 3.63) is 65.7 Å². The maximum Gasteiger partial charge on any atom is 0.414 e. The summed E-state index contributed by atoms with van der Waals surface area (Å²) in [5.74, 6) is -0.542. The summed E-state index contributed by atoms with van der Waals surface area (Å²) in [6.45, 7) is 1.72. The molecule has 190 valence electrons. The van der Waals surface area contributed by atoms with Gasteiger partial charge in [0.05, 0.1) is 18.8 Å². The Kier molecular flexibility index (Phi) is 6.85. The monoisotopic (exact) mass is 492 g/mol. The van der Waals surface area contributed by atoms with E-state index in [0.717, 1.165) is 48.9 Å². The maximum atomic E-state index is 13.4. The van der Waals surface area contributed by atoms with Crippen molar-refractivity contribution in [3.63, 3.8) is 0 Å². The number of nitrogens with zero attached hydrogens (tertiary/aromatic N) is 2. The normalized spacial score (nSPS) is 23.2. The highest BCUT2D eigenvalue weighted by atomic mass is 16.6. The quantitative estimate of drug-likeness (QED) is 0.406. The van der Waals surface area contributed by atoms with Gasteiger partial charge in [-0.3, -0.25) is 9.80 Å². The lowest BCUT2D eigenvalue weighted by Crippen LogP contribution is -2.53. The third-order valence-electron chi connectivity index (χ3n) is 7.45. The fraction of sp³-hybridized carbons (Fsp3) is 0.464. The van der Waals surface area contributed by atoms with Gasteiger partial charge in [-0.25, -0.2) is 14.4 Å². The molecule has 1 heterocycles. The van der Waals surface area contributed by atoms with Crippen LogP contribution in [0.2, 0.25) is 0 Å². The third-order valence-corrected chi connectivity index (χ3v) is 7.45. The van der Waals surface area contributed by atoms with Crippen LogP contribution >= 0.6 is 0 Å². The van der Waals surface area contributed by atoms with Crippen molar-refractivity contribution >= 4 is 23.8 Å². The maximum absolute atomic E-state index is 13.4. The molecule has 3 aliphatic rings. The molecule has 0 radical (unpaired) electrons. The van der Waals surface area contributed by atoms with Gasteiger partial charge >= 0.3 is 18.2 Å². The molecule has 2 fully saturated rings. The highest BCUT2D eigenvalue weighted by Gasteiger charge is 2.52. The summed E-state index contributed by atoms with van der Waals surface area (Å²) in [5, 5.41) is 0. The van der Waals surface area contributed by atoms with Gasteiger partial charge in [-0.1, -0.05) is 55.0 Å². The van der Waals surface area contributed by atoms with Gasteiger partial charge in [0, 0.05) is 18.0 Å². The van der Waals surface area contributed by atoms with Gasteiger partial charge in [0.25, 0.3) is 0 Å². The largest absolute Gasteiger partial charge is 0.466 e. The first-order chi connectivity index (χ1) is 17.5. The average Bonchev–Trinajstić information content (AvgIpc) is 3.62. The van der Waals surface area contributed by atoms with E-state index in [9.17, 15) is 14.4 Å². The first-order valence-corrected chi connectivity index (χ1v) is 12.6. The van der Waals surface area contributed by atoms with Gasteiger partial charge in [0.15, 0.2) is 6.10 Å². The van der Waals surface area contributed by atoms with Gasteiger partial charge in [-0.15, -0.1) is 0 Å². The molecule has 3 unspecified atom stereocenters. The summed E-state index contributed by atoms with van der Waals surface area (Å²) in [7, 11) is 1.28. The molecule has 5 rings (SSSR count). The van der Waals surface area contributed by atoms with Crippen LogP contribution in [0.1, 0.15) is 56.2 Å². The average molecular weight is 493 g/mol. The molecule has 4 atom stereocenters. The summed E-state index contributed by atoms with van der Waals surface area (Å²) in [6.07, 6.45) is 2.57. The second-order valence-electron chi connectivity index (χ2n) is 9.76. The van der Waals surface area contributed by atoms with Gasteiger partial charge in [-0.05, 0) is 49.8 Å². The lowest BCUT2D eigenvalue weighted by molar-refractivity contribution is -0.150. The third kappa shape index (κ3) is 4.64. The van der Waals surface area contributed by atoms with Crippen LogP contribution in [-0.4, -0.2) is 48.4 Å². The predicted molar refractivity (Wildman–Crippen MR) is 132 cm³/mol. The molecule has 0 aromatic heterocycles. The number of carbonyl (C=O) groups is 3. The van der Waals surface area contributed by atoms with Crippen molar-refractivity contribution in [2.24, 2.45) is 5.92 Å². The molecule has 0 saturated heterocycles. The molecule has 8 nitrogen and oxygen atoms in total. The van der Waals surface area contributed by atoms with Crippen LogP contribution in [0.15, 0.2) is 54.6 Å². The standard InChI is InChI=1S/C28H32N2O6/c1-18(26(31)34-2)36-28(33)29(20-15-16-20)25-21-11-6-7-13-23(21)30(24-14-8-12-22(24)25)27(32)35-17-19-9-4-3-5-10-19/h3-7,9-11,13,18,20,22,24-25H,8,12,14-17H2,1-2H3/t18-,22?,24?,25?/m0/s1. The van der Waals surface area contributed by atoms with E-state index in [1.807, 2.05) is 59.5 Å². The SMILES string of the molecule is COC(=O)[C@H](C)OC(=O)N(C1CC1)C1c2ccccc2N(C(=O)OCc2ccccc2)C2CCCC21. The Morgan fingerprint density at radius 1 is 1.00 bits per heavy atom. The molecule has 2 aliphatic carbocycles. The van der Waals surface area contributed by atoms with E-state index < -0.39 is 18.2 Å². The Bertz CT molecular complexity index is 1120. The minimum atomic E-state index is -0.994. The molecule has 0 N–H and O–H groups in total. The number of hydrogen-bond donors (Lipinski definition) is 0. The lowest BCUT2D eigenvalue weighted by atomic mass is 9.82. The Balaban J connectivity index is 1.45. The molecular weight excluding hydrogens is 460 g/mol. The highest BCUT2D eigenvalue weighted by Crippen LogP contribution is 2.52. The van der Waals surface area contributed by atoms with Gasteiger partial charge < -0.3 is 14.2 Å². The zero-order valence-corrected chi connectivity index (χ0v) is 20.7. The van der Waals surface area contributed by atoms with Gasteiger partial charge in [-0.2, -0.15) is 0 Å². The number of hydrogen-bond acceptors (Lipinski definition) is 6. The highest BCUT2D eigenvalue weighted by molar-refractivity contribution is 5.91. The summed E-state index contributed by atoms with van der Waals surface area (Å²) in [4.78, 5) is 42.4. The van der Waals surface area contributed by atoms with Crippen LogP contribution in [0.5, 0.6) is 0 Å². The summed E-state index contributed by atoms with van der Waals surface area (Å²) in [6, 6.07) is 17.1. The zero-order valence-electron chi connectivity index (χ0n) is 20.7. The van der Waals surface area contributed by atoms with Crippen molar-refractivity contribution in [2.45, 2.75) is 69.9 Å². The van der Waals surface area contributed by atoms with E-state index in [4.69, 9.17) is 14.2 Å².